The Balaban J connectivity index is 1.91. The predicted octanol–water partition coefficient (Wildman–Crippen LogP) is 3.63. The van der Waals surface area contributed by atoms with Gasteiger partial charge >= 0.3 is 0 Å². The summed E-state index contributed by atoms with van der Waals surface area (Å²) >= 11 is 0. The van der Waals surface area contributed by atoms with Gasteiger partial charge in [0.1, 0.15) is 6.54 Å². The predicted molar refractivity (Wildman–Crippen MR) is 115 cm³/mol. The number of sulfonamides is 1. The van der Waals surface area contributed by atoms with Gasteiger partial charge in [0.2, 0.25) is 15.9 Å². The SMILES string of the molecule is Cc1ccc(CCCNC(=O)CN(c2ccc(C(C)C)cc2)S(C)(=O)=O)cc1. The van der Waals surface area contributed by atoms with E-state index in [1.165, 1.54) is 11.1 Å². The normalized spacial score (nSPS) is 11.5. The van der Waals surface area contributed by atoms with Gasteiger partial charge < -0.3 is 5.32 Å². The lowest BCUT2D eigenvalue weighted by atomic mass is 10.0. The van der Waals surface area contributed by atoms with Gasteiger partial charge in [-0.1, -0.05) is 55.8 Å². The molecule has 152 valence electrons. The van der Waals surface area contributed by atoms with Crippen LogP contribution in [-0.2, 0) is 21.2 Å². The number of amides is 1. The van der Waals surface area contributed by atoms with Gasteiger partial charge in [-0.25, -0.2) is 8.42 Å². The number of anilines is 1. The van der Waals surface area contributed by atoms with Crippen molar-refractivity contribution in [2.24, 2.45) is 0 Å². The van der Waals surface area contributed by atoms with Gasteiger partial charge in [-0.3, -0.25) is 9.10 Å². The molecule has 28 heavy (non-hydrogen) atoms. The Hall–Kier alpha value is -2.34. The molecule has 0 bridgehead atoms. The summed E-state index contributed by atoms with van der Waals surface area (Å²) in [7, 11) is -3.55. The average Bonchev–Trinajstić information content (AvgIpc) is 2.64. The first-order valence-corrected chi connectivity index (χ1v) is 11.4. The number of hydrogen-bond donors (Lipinski definition) is 1. The van der Waals surface area contributed by atoms with Crippen LogP contribution in [0.1, 0.15) is 42.9 Å². The van der Waals surface area contributed by atoms with Crippen LogP contribution in [0.15, 0.2) is 48.5 Å². The van der Waals surface area contributed by atoms with E-state index in [0.29, 0.717) is 18.2 Å². The highest BCUT2D eigenvalue weighted by atomic mass is 32.2. The molecule has 0 aliphatic carbocycles. The molecule has 1 amide bonds. The highest BCUT2D eigenvalue weighted by Gasteiger charge is 2.20. The van der Waals surface area contributed by atoms with Crippen LogP contribution >= 0.6 is 0 Å². The number of aryl methyl sites for hydroxylation is 2. The second kappa shape index (κ2) is 9.73. The topological polar surface area (TPSA) is 66.5 Å². The molecule has 5 nitrogen and oxygen atoms in total. The van der Waals surface area contributed by atoms with Crippen molar-refractivity contribution in [3.05, 3.63) is 65.2 Å². The van der Waals surface area contributed by atoms with Crippen LogP contribution in [0, 0.1) is 6.92 Å². The molecule has 0 aliphatic rings. The van der Waals surface area contributed by atoms with E-state index in [-0.39, 0.29) is 12.5 Å². The first-order valence-electron chi connectivity index (χ1n) is 9.56. The first kappa shape index (κ1) is 22.0. The molecule has 0 heterocycles. The van der Waals surface area contributed by atoms with Gasteiger partial charge in [0.05, 0.1) is 11.9 Å². The fraction of sp³-hybridized carbons (Fsp3) is 0.409. The Morgan fingerprint density at radius 2 is 1.64 bits per heavy atom. The van der Waals surface area contributed by atoms with E-state index in [0.717, 1.165) is 29.0 Å². The molecule has 0 atom stereocenters. The van der Waals surface area contributed by atoms with Crippen molar-refractivity contribution in [2.45, 2.75) is 39.5 Å². The molecule has 1 N–H and O–H groups in total. The minimum absolute atomic E-state index is 0.218. The number of hydrogen-bond acceptors (Lipinski definition) is 3. The minimum atomic E-state index is -3.55. The maximum absolute atomic E-state index is 12.3. The Bertz CT molecular complexity index is 873. The zero-order valence-electron chi connectivity index (χ0n) is 17.1. The number of carbonyl (C=O) groups is 1. The number of nitrogens with zero attached hydrogens (tertiary/aromatic N) is 1. The third kappa shape index (κ3) is 6.68. The molecule has 2 aromatic rings. The van der Waals surface area contributed by atoms with Gasteiger partial charge in [-0.15, -0.1) is 0 Å². The molecule has 0 aliphatic heterocycles. The second-order valence-corrected chi connectivity index (χ2v) is 9.36. The summed E-state index contributed by atoms with van der Waals surface area (Å²) in [6, 6.07) is 15.6. The standard InChI is InChI=1S/C22H30N2O3S/c1-17(2)20-11-13-21(14-12-20)24(28(4,26)27)16-22(25)23-15-5-6-19-9-7-18(3)8-10-19/h7-14,17H,5-6,15-16H2,1-4H3,(H,23,25). The van der Waals surface area contributed by atoms with E-state index < -0.39 is 10.0 Å². The summed E-state index contributed by atoms with van der Waals surface area (Å²) in [5.74, 6) is 0.0554. The van der Waals surface area contributed by atoms with E-state index in [1.54, 1.807) is 12.1 Å². The van der Waals surface area contributed by atoms with Crippen LogP contribution in [0.3, 0.4) is 0 Å². The van der Waals surface area contributed by atoms with Crippen molar-refractivity contribution in [3.63, 3.8) is 0 Å². The van der Waals surface area contributed by atoms with E-state index in [2.05, 4.69) is 43.4 Å². The van der Waals surface area contributed by atoms with Crippen molar-refractivity contribution in [3.8, 4) is 0 Å². The summed E-state index contributed by atoms with van der Waals surface area (Å²) in [5, 5.41) is 2.82. The third-order valence-corrected chi connectivity index (χ3v) is 5.76. The lowest BCUT2D eigenvalue weighted by Gasteiger charge is -2.22. The minimum Gasteiger partial charge on any atom is -0.355 e. The molecule has 0 saturated heterocycles. The second-order valence-electron chi connectivity index (χ2n) is 7.45. The van der Waals surface area contributed by atoms with Gasteiger partial charge in [0, 0.05) is 6.54 Å². The summed E-state index contributed by atoms with van der Waals surface area (Å²) in [6.45, 7) is 6.50. The largest absolute Gasteiger partial charge is 0.355 e. The summed E-state index contributed by atoms with van der Waals surface area (Å²) in [6.07, 6.45) is 2.79. The molecule has 0 saturated carbocycles. The molecule has 0 spiro atoms. The van der Waals surface area contributed by atoms with Crippen molar-refractivity contribution >= 4 is 21.6 Å². The molecule has 0 aromatic heterocycles. The number of nitrogens with one attached hydrogen (secondary N) is 1. The highest BCUT2D eigenvalue weighted by Crippen LogP contribution is 2.21. The van der Waals surface area contributed by atoms with Crippen molar-refractivity contribution in [1.82, 2.24) is 5.32 Å². The smallest absolute Gasteiger partial charge is 0.240 e. The molecular weight excluding hydrogens is 372 g/mol. The fourth-order valence-electron chi connectivity index (χ4n) is 2.89. The van der Waals surface area contributed by atoms with Crippen LogP contribution in [-0.4, -0.2) is 33.7 Å². The van der Waals surface area contributed by atoms with Crippen LogP contribution < -0.4 is 9.62 Å². The molecule has 0 fully saturated rings. The van der Waals surface area contributed by atoms with E-state index in [4.69, 9.17) is 0 Å². The van der Waals surface area contributed by atoms with Crippen molar-refractivity contribution in [2.75, 3.05) is 23.7 Å². The Labute approximate surface area is 168 Å². The van der Waals surface area contributed by atoms with Gasteiger partial charge in [0.15, 0.2) is 0 Å². The zero-order valence-corrected chi connectivity index (χ0v) is 17.9. The quantitative estimate of drug-likeness (QED) is 0.651. The monoisotopic (exact) mass is 402 g/mol. The summed E-state index contributed by atoms with van der Waals surface area (Å²) in [4.78, 5) is 12.3. The molecule has 2 aromatic carbocycles. The molecular formula is C22H30N2O3S. The maximum Gasteiger partial charge on any atom is 0.240 e. The fourth-order valence-corrected chi connectivity index (χ4v) is 3.74. The molecule has 6 heteroatoms. The van der Waals surface area contributed by atoms with Gasteiger partial charge in [-0.2, -0.15) is 0 Å². The third-order valence-electron chi connectivity index (χ3n) is 4.62. The van der Waals surface area contributed by atoms with Crippen LogP contribution in [0.4, 0.5) is 5.69 Å². The molecule has 0 unspecified atom stereocenters. The number of carbonyl (C=O) groups excluding carboxylic acids is 1. The number of benzene rings is 2. The average molecular weight is 403 g/mol. The lowest BCUT2D eigenvalue weighted by Crippen LogP contribution is -2.40. The zero-order chi connectivity index (χ0) is 20.7. The van der Waals surface area contributed by atoms with E-state index in [1.807, 2.05) is 19.1 Å². The highest BCUT2D eigenvalue weighted by molar-refractivity contribution is 7.92. The van der Waals surface area contributed by atoms with Crippen molar-refractivity contribution in [1.29, 1.82) is 0 Å². The van der Waals surface area contributed by atoms with Crippen LogP contribution in [0.2, 0.25) is 0 Å². The van der Waals surface area contributed by atoms with E-state index >= 15 is 0 Å². The van der Waals surface area contributed by atoms with Crippen molar-refractivity contribution < 1.29 is 13.2 Å². The Kier molecular flexibility index (Phi) is 7.63. The molecule has 2 rings (SSSR count). The maximum atomic E-state index is 12.3. The Morgan fingerprint density at radius 1 is 1.04 bits per heavy atom. The van der Waals surface area contributed by atoms with E-state index in [9.17, 15) is 13.2 Å². The Morgan fingerprint density at radius 3 is 2.18 bits per heavy atom. The van der Waals surface area contributed by atoms with Gasteiger partial charge in [-0.05, 0) is 48.9 Å². The lowest BCUT2D eigenvalue weighted by molar-refractivity contribution is -0.119. The van der Waals surface area contributed by atoms with Crippen LogP contribution in [0.5, 0.6) is 0 Å². The summed E-state index contributed by atoms with van der Waals surface area (Å²) < 4.78 is 25.5. The van der Waals surface area contributed by atoms with Crippen LogP contribution in [0.25, 0.3) is 0 Å². The summed E-state index contributed by atoms with van der Waals surface area (Å²) in [5.41, 5.74) is 4.07. The van der Waals surface area contributed by atoms with Gasteiger partial charge in [0.25, 0.3) is 0 Å². The number of rotatable bonds is 9. The first-order chi connectivity index (χ1) is 13.2. The molecule has 0 radical (unpaired) electrons.